The van der Waals surface area contributed by atoms with Gasteiger partial charge in [0.15, 0.2) is 0 Å². The molecule has 0 aliphatic carbocycles. The number of amides is 2. The van der Waals surface area contributed by atoms with Crippen molar-refractivity contribution in [1.29, 1.82) is 0 Å². The molecule has 0 spiro atoms. The lowest BCUT2D eigenvalue weighted by Crippen LogP contribution is -2.46. The van der Waals surface area contributed by atoms with Crippen LogP contribution in [0.5, 0.6) is 0 Å². The maximum Gasteiger partial charge on any atom is 0.243 e. The second-order valence-electron chi connectivity index (χ2n) is 4.85. The molecule has 0 saturated heterocycles. The van der Waals surface area contributed by atoms with E-state index in [-0.39, 0.29) is 36.7 Å². The van der Waals surface area contributed by atoms with Gasteiger partial charge < -0.3 is 16.4 Å². The summed E-state index contributed by atoms with van der Waals surface area (Å²) in [6, 6.07) is 6.87. The standard InChI is InChI=1S/C14H21N3O2.ClH/c1-9(2)13(15)14(19)16-8-12(18)17-11-7-5-4-6-10(11)3;/h4-7,9,13H,8,15H2,1-3H3,(H,16,19)(H,17,18);1H/t13-;/m0./s1. The minimum atomic E-state index is -0.591. The molecule has 6 heteroatoms. The van der Waals surface area contributed by atoms with Gasteiger partial charge in [0.25, 0.3) is 0 Å². The van der Waals surface area contributed by atoms with Crippen molar-refractivity contribution in [3.8, 4) is 0 Å². The van der Waals surface area contributed by atoms with Crippen molar-refractivity contribution < 1.29 is 9.59 Å². The molecule has 0 aromatic heterocycles. The van der Waals surface area contributed by atoms with Crippen LogP contribution in [-0.4, -0.2) is 24.4 Å². The molecule has 0 saturated carbocycles. The SMILES string of the molecule is Cc1ccccc1NC(=O)CNC(=O)[C@@H](N)C(C)C.Cl. The molecule has 0 radical (unpaired) electrons. The Bertz CT molecular complexity index is 463. The summed E-state index contributed by atoms with van der Waals surface area (Å²) in [6.45, 7) is 5.55. The number of aryl methyl sites for hydroxylation is 1. The van der Waals surface area contributed by atoms with Crippen LogP contribution in [0.25, 0.3) is 0 Å². The van der Waals surface area contributed by atoms with E-state index in [9.17, 15) is 9.59 Å². The summed E-state index contributed by atoms with van der Waals surface area (Å²) in [6.07, 6.45) is 0. The van der Waals surface area contributed by atoms with Crippen LogP contribution < -0.4 is 16.4 Å². The summed E-state index contributed by atoms with van der Waals surface area (Å²) in [5.41, 5.74) is 7.40. The van der Waals surface area contributed by atoms with Crippen LogP contribution in [-0.2, 0) is 9.59 Å². The van der Waals surface area contributed by atoms with E-state index in [4.69, 9.17) is 5.73 Å². The monoisotopic (exact) mass is 299 g/mol. The lowest BCUT2D eigenvalue weighted by atomic mass is 10.1. The fraction of sp³-hybridized carbons (Fsp3) is 0.429. The molecule has 0 bridgehead atoms. The number of hydrogen-bond donors (Lipinski definition) is 3. The number of nitrogens with two attached hydrogens (primary N) is 1. The van der Waals surface area contributed by atoms with E-state index < -0.39 is 6.04 Å². The normalized spacial score (nSPS) is 11.4. The third kappa shape index (κ3) is 5.59. The second-order valence-corrected chi connectivity index (χ2v) is 4.85. The summed E-state index contributed by atoms with van der Waals surface area (Å²) in [5, 5.41) is 5.27. The molecule has 1 aromatic carbocycles. The lowest BCUT2D eigenvalue weighted by Gasteiger charge is -2.15. The van der Waals surface area contributed by atoms with Gasteiger partial charge in [0.2, 0.25) is 11.8 Å². The first-order valence-corrected chi connectivity index (χ1v) is 6.30. The number of anilines is 1. The number of para-hydroxylation sites is 1. The Labute approximate surface area is 125 Å². The van der Waals surface area contributed by atoms with Gasteiger partial charge in [0.05, 0.1) is 12.6 Å². The highest BCUT2D eigenvalue weighted by Gasteiger charge is 2.17. The topological polar surface area (TPSA) is 84.2 Å². The molecule has 1 atom stereocenters. The molecule has 2 amide bonds. The smallest absolute Gasteiger partial charge is 0.243 e. The van der Waals surface area contributed by atoms with Gasteiger partial charge in [-0.3, -0.25) is 9.59 Å². The zero-order chi connectivity index (χ0) is 14.4. The maximum absolute atomic E-state index is 11.7. The van der Waals surface area contributed by atoms with E-state index in [2.05, 4.69) is 10.6 Å². The molecule has 0 fully saturated rings. The predicted molar refractivity (Wildman–Crippen MR) is 82.9 cm³/mol. The van der Waals surface area contributed by atoms with E-state index in [1.165, 1.54) is 0 Å². The van der Waals surface area contributed by atoms with Gasteiger partial charge in [-0.15, -0.1) is 12.4 Å². The molecular formula is C14H22ClN3O2. The Kier molecular flexibility index (Phi) is 7.87. The summed E-state index contributed by atoms with van der Waals surface area (Å²) in [7, 11) is 0. The zero-order valence-corrected chi connectivity index (χ0v) is 12.8. The van der Waals surface area contributed by atoms with Crippen LogP contribution in [0.15, 0.2) is 24.3 Å². The number of hydrogen-bond acceptors (Lipinski definition) is 3. The third-order valence-electron chi connectivity index (χ3n) is 2.86. The molecule has 4 N–H and O–H groups in total. The van der Waals surface area contributed by atoms with E-state index >= 15 is 0 Å². The van der Waals surface area contributed by atoms with Gasteiger partial charge in [-0.25, -0.2) is 0 Å². The molecule has 1 aromatic rings. The molecule has 1 rings (SSSR count). The first-order valence-electron chi connectivity index (χ1n) is 6.30. The fourth-order valence-electron chi connectivity index (χ4n) is 1.50. The van der Waals surface area contributed by atoms with Crippen LogP contribution in [0.2, 0.25) is 0 Å². The largest absolute Gasteiger partial charge is 0.346 e. The van der Waals surface area contributed by atoms with E-state index in [1.807, 2.05) is 45.0 Å². The van der Waals surface area contributed by atoms with Crippen LogP contribution >= 0.6 is 12.4 Å². The average Bonchev–Trinajstić information content (AvgIpc) is 2.37. The summed E-state index contributed by atoms with van der Waals surface area (Å²) >= 11 is 0. The van der Waals surface area contributed by atoms with Gasteiger partial charge in [-0.1, -0.05) is 32.0 Å². The maximum atomic E-state index is 11.7. The van der Waals surface area contributed by atoms with Crippen LogP contribution in [0.4, 0.5) is 5.69 Å². The highest BCUT2D eigenvalue weighted by molar-refractivity contribution is 5.95. The van der Waals surface area contributed by atoms with Crippen molar-refractivity contribution in [3.05, 3.63) is 29.8 Å². The van der Waals surface area contributed by atoms with E-state index in [0.717, 1.165) is 11.3 Å². The highest BCUT2D eigenvalue weighted by Crippen LogP contribution is 2.12. The number of rotatable bonds is 5. The average molecular weight is 300 g/mol. The molecule has 0 aliphatic rings. The fourth-order valence-corrected chi connectivity index (χ4v) is 1.50. The molecule has 20 heavy (non-hydrogen) atoms. The van der Waals surface area contributed by atoms with Crippen molar-refractivity contribution in [3.63, 3.8) is 0 Å². The van der Waals surface area contributed by atoms with Gasteiger partial charge in [0.1, 0.15) is 0 Å². The Morgan fingerprint density at radius 3 is 2.40 bits per heavy atom. The Balaban J connectivity index is 0.00000361. The first-order chi connectivity index (χ1) is 8.91. The lowest BCUT2D eigenvalue weighted by molar-refractivity contribution is -0.125. The van der Waals surface area contributed by atoms with Crippen LogP contribution in [0, 0.1) is 12.8 Å². The molecule has 112 valence electrons. The minimum Gasteiger partial charge on any atom is -0.346 e. The van der Waals surface area contributed by atoms with Gasteiger partial charge in [-0.2, -0.15) is 0 Å². The third-order valence-corrected chi connectivity index (χ3v) is 2.86. The van der Waals surface area contributed by atoms with Gasteiger partial charge in [-0.05, 0) is 24.5 Å². The van der Waals surface area contributed by atoms with Crippen molar-refractivity contribution in [1.82, 2.24) is 5.32 Å². The summed E-state index contributed by atoms with van der Waals surface area (Å²) < 4.78 is 0. The predicted octanol–water partition coefficient (Wildman–Crippen LogP) is 1.45. The molecule has 0 unspecified atom stereocenters. The molecule has 5 nitrogen and oxygen atoms in total. The van der Waals surface area contributed by atoms with Crippen molar-refractivity contribution in [2.45, 2.75) is 26.8 Å². The van der Waals surface area contributed by atoms with E-state index in [1.54, 1.807) is 0 Å². The van der Waals surface area contributed by atoms with Gasteiger partial charge in [0, 0.05) is 5.69 Å². The number of halogens is 1. The van der Waals surface area contributed by atoms with Crippen molar-refractivity contribution in [2.75, 3.05) is 11.9 Å². The zero-order valence-electron chi connectivity index (χ0n) is 12.0. The Morgan fingerprint density at radius 2 is 1.85 bits per heavy atom. The van der Waals surface area contributed by atoms with Crippen LogP contribution in [0.1, 0.15) is 19.4 Å². The Morgan fingerprint density at radius 1 is 1.25 bits per heavy atom. The Hall–Kier alpha value is -1.59. The minimum absolute atomic E-state index is 0. The van der Waals surface area contributed by atoms with Crippen molar-refractivity contribution in [2.24, 2.45) is 11.7 Å². The quantitative estimate of drug-likeness (QED) is 0.769. The number of benzene rings is 1. The highest BCUT2D eigenvalue weighted by atomic mass is 35.5. The van der Waals surface area contributed by atoms with Crippen LogP contribution in [0.3, 0.4) is 0 Å². The number of carbonyl (C=O) groups excluding carboxylic acids is 2. The van der Waals surface area contributed by atoms with Gasteiger partial charge >= 0.3 is 0 Å². The van der Waals surface area contributed by atoms with E-state index in [0.29, 0.717) is 0 Å². The molecular weight excluding hydrogens is 278 g/mol. The second kappa shape index (κ2) is 8.55. The molecule has 0 aliphatic heterocycles. The summed E-state index contributed by atoms with van der Waals surface area (Å²) in [5.74, 6) is -0.534. The van der Waals surface area contributed by atoms with Crippen molar-refractivity contribution >= 4 is 29.9 Å². The number of nitrogens with one attached hydrogen (secondary N) is 2. The number of carbonyl (C=O) groups is 2. The summed E-state index contributed by atoms with van der Waals surface area (Å²) in [4.78, 5) is 23.3. The molecule has 0 heterocycles. The first kappa shape index (κ1) is 18.4.